The number of H-pyrrole nitrogens is 3. The maximum Gasteiger partial charge on any atom is 0.223 e. The highest BCUT2D eigenvalue weighted by Crippen LogP contribution is 2.04. The molecule has 27 heteroatoms. The monoisotopic (exact) mass is 1470 g/mol. The summed E-state index contributed by atoms with van der Waals surface area (Å²) in [5.74, 6) is 3.44. The van der Waals surface area contributed by atoms with Gasteiger partial charge in [0.1, 0.15) is 39.8 Å². The van der Waals surface area contributed by atoms with Crippen LogP contribution in [0, 0.1) is 104 Å². The van der Waals surface area contributed by atoms with Crippen LogP contribution >= 0.6 is 45.5 Å². The van der Waals surface area contributed by atoms with Crippen molar-refractivity contribution in [2.45, 2.75) is 228 Å². The Morgan fingerprint density at radius 2 is 1.10 bits per heavy atom. The molecule has 0 aliphatic heterocycles. The molecule has 23 nitrogen and oxygen atoms in total. The first kappa shape index (κ1) is 110. The van der Waals surface area contributed by atoms with Crippen molar-refractivity contribution in [3.63, 3.8) is 0 Å². The van der Waals surface area contributed by atoms with E-state index in [1.54, 1.807) is 104 Å². The molecule has 0 amide bonds. The molecule has 0 saturated carbocycles. The summed E-state index contributed by atoms with van der Waals surface area (Å²) < 4.78 is 26.4. The second-order valence-corrected chi connectivity index (χ2v) is 20.4. The van der Waals surface area contributed by atoms with Gasteiger partial charge in [-0.15, -0.1) is 43.1 Å². The molecule has 0 unspecified atom stereocenters. The zero-order chi connectivity index (χ0) is 78.8. The van der Waals surface area contributed by atoms with Crippen LogP contribution in [0.4, 0.5) is 0 Å². The van der Waals surface area contributed by atoms with E-state index in [9.17, 15) is 0 Å². The molecule has 13 heterocycles. The first-order valence-electron chi connectivity index (χ1n) is 33.8. The van der Waals surface area contributed by atoms with Crippen LogP contribution in [-0.4, -0.2) is 94.6 Å². The van der Waals surface area contributed by atoms with Crippen molar-refractivity contribution in [1.29, 1.82) is 0 Å². The van der Waals surface area contributed by atoms with Gasteiger partial charge in [0, 0.05) is 88.8 Å². The third-order valence-electron chi connectivity index (χ3n) is 8.27. The third kappa shape index (κ3) is 85.4. The number of aryl methyl sites for hydroxylation is 17. The first-order chi connectivity index (χ1) is 48.2. The molecule has 13 aromatic heterocycles. The molecule has 0 radical (unpaired) electrons. The van der Waals surface area contributed by atoms with Gasteiger partial charge >= 0.3 is 0 Å². The van der Waals surface area contributed by atoms with Gasteiger partial charge in [-0.05, 0) is 164 Å². The van der Waals surface area contributed by atoms with E-state index in [0.717, 1.165) is 37.9 Å². The predicted octanol–water partition coefficient (Wildman–Crippen LogP) is 22.6. The Balaban J connectivity index is -0.000000126. The summed E-state index contributed by atoms with van der Waals surface area (Å²) in [6.45, 7) is 64.8. The van der Waals surface area contributed by atoms with Gasteiger partial charge in [-0.1, -0.05) is 130 Å². The fourth-order valence-corrected chi connectivity index (χ4v) is 6.82. The molecule has 0 saturated heterocycles. The number of aromatic nitrogens is 19. The summed E-state index contributed by atoms with van der Waals surface area (Å²) in [7, 11) is 3.83. The lowest BCUT2D eigenvalue weighted by molar-refractivity contribution is 0.389. The fraction of sp³-hybridized carbons (Fsp3) is 0.479. The number of oxazole rings is 1. The van der Waals surface area contributed by atoms with E-state index in [1.165, 1.54) is 46.5 Å². The quantitative estimate of drug-likeness (QED) is 0.127. The summed E-state index contributed by atoms with van der Waals surface area (Å²) in [5.41, 5.74) is 9.97. The second kappa shape index (κ2) is 88.4. The van der Waals surface area contributed by atoms with Gasteiger partial charge in [0.2, 0.25) is 17.7 Å². The van der Waals surface area contributed by atoms with Crippen LogP contribution in [0.25, 0.3) is 0 Å². The van der Waals surface area contributed by atoms with E-state index < -0.39 is 0 Å². The highest BCUT2D eigenvalue weighted by Gasteiger charge is 1.92. The van der Waals surface area contributed by atoms with Gasteiger partial charge in [-0.2, -0.15) is 36.0 Å². The van der Waals surface area contributed by atoms with Crippen LogP contribution in [0.3, 0.4) is 0 Å². The topological polar surface area (TPSA) is 290 Å². The molecule has 13 aromatic rings. The lowest BCUT2D eigenvalue weighted by atomic mass is 10.4. The lowest BCUT2D eigenvalue weighted by Gasteiger charge is -1.79. The van der Waals surface area contributed by atoms with E-state index in [0.29, 0.717) is 23.5 Å². The number of rotatable bonds is 0. The van der Waals surface area contributed by atoms with Crippen LogP contribution in [0.5, 0.6) is 0 Å². The van der Waals surface area contributed by atoms with Crippen molar-refractivity contribution in [3.05, 3.63) is 223 Å². The fourth-order valence-electron chi connectivity index (χ4n) is 4.54. The van der Waals surface area contributed by atoms with E-state index in [2.05, 4.69) is 125 Å². The minimum atomic E-state index is 0.623. The summed E-state index contributed by atoms with van der Waals surface area (Å²) in [6.07, 6.45) is 22.7. The van der Waals surface area contributed by atoms with Crippen molar-refractivity contribution < 1.29 is 17.8 Å². The molecule has 0 atom stereocenters. The molecular weight excluding hydrogens is 1340 g/mol. The van der Waals surface area contributed by atoms with E-state index in [-0.39, 0.29) is 0 Å². The van der Waals surface area contributed by atoms with Crippen LogP contribution in [0.1, 0.15) is 208 Å². The average molecular weight is 1470 g/mol. The second-order valence-electron chi connectivity index (χ2n) is 16.6. The normalized spacial score (nSPS) is 7.95. The van der Waals surface area contributed by atoms with Gasteiger partial charge in [0.25, 0.3) is 0 Å². The largest absolute Gasteiger partial charge is 0.472 e. The molecule has 0 aliphatic carbocycles. The minimum Gasteiger partial charge on any atom is -0.472 e. The van der Waals surface area contributed by atoms with Crippen molar-refractivity contribution in [3.8, 4) is 0 Å². The van der Waals surface area contributed by atoms with Crippen LogP contribution in [0.15, 0.2) is 157 Å². The Hall–Kier alpha value is -8.66. The summed E-state index contributed by atoms with van der Waals surface area (Å²) in [4.78, 5) is 22.1. The number of hydrogen-bond acceptors (Lipinski definition) is 22. The summed E-state index contributed by atoms with van der Waals surface area (Å²) in [5, 5.41) is 44.2. The SMILES string of the molecule is CC.CC.CC.CC.CC.CC.CC.CC.CC.Cc1cc[nH]c1.Cc1ccn[nH]1.Cc1ccoc1.Cc1ccsc1.Cc1cn[nH]c1.Cc1cocn1.Cc1cscn1.Cc1nnc(C)o1.Cc1nnc(C)s1.Cc1noc(C)n1.Cc1nsc(C)n1.Cn1cccc1.Cn1cncn1. The molecule has 0 aromatic carbocycles. The van der Waals surface area contributed by atoms with Crippen LogP contribution in [-0.2, 0) is 14.1 Å². The molecule has 0 bridgehead atoms. The van der Waals surface area contributed by atoms with Crippen molar-refractivity contribution >= 4 is 45.5 Å². The van der Waals surface area contributed by atoms with Crippen LogP contribution in [0.2, 0.25) is 0 Å². The van der Waals surface area contributed by atoms with Gasteiger partial charge in [-0.3, -0.25) is 19.9 Å². The highest BCUT2D eigenvalue weighted by atomic mass is 32.1. The Morgan fingerprint density at radius 3 is 1.23 bits per heavy atom. The molecule has 100 heavy (non-hydrogen) atoms. The van der Waals surface area contributed by atoms with Gasteiger partial charge in [0.05, 0.1) is 29.9 Å². The zero-order valence-electron chi connectivity index (χ0n) is 67.7. The highest BCUT2D eigenvalue weighted by molar-refractivity contribution is 7.11. The predicted molar refractivity (Wildman–Crippen MR) is 428 cm³/mol. The first-order valence-corrected chi connectivity index (χ1v) is 37.3. The summed E-state index contributed by atoms with van der Waals surface area (Å²) >= 11 is 6.43. The van der Waals surface area contributed by atoms with Crippen molar-refractivity contribution in [2.75, 3.05) is 0 Å². The Labute approximate surface area is 619 Å². The number of aromatic amines is 3. The Bertz CT molecular complexity index is 2600. The molecule has 566 valence electrons. The molecule has 3 N–H and O–H groups in total. The number of hydrogen-bond donors (Lipinski definition) is 3. The Morgan fingerprint density at radius 1 is 0.510 bits per heavy atom. The number of furan rings is 1. The number of nitrogens with zero attached hydrogens (tertiary/aromatic N) is 16. The number of thiazole rings is 1. The van der Waals surface area contributed by atoms with E-state index in [4.69, 9.17) is 8.83 Å². The van der Waals surface area contributed by atoms with Crippen LogP contribution < -0.4 is 0 Å². The molecular formula is C73H131N19O4S4. The average Bonchev–Trinajstić information content (AvgIpc) is 2.70. The zero-order valence-corrected chi connectivity index (χ0v) is 71.0. The van der Waals surface area contributed by atoms with Crippen molar-refractivity contribution in [1.82, 2.24) is 94.6 Å². The molecule has 0 fully saturated rings. The number of nitrogens with one attached hydrogen (secondary N) is 3. The summed E-state index contributed by atoms with van der Waals surface area (Å²) in [6, 6.07) is 12.0. The smallest absolute Gasteiger partial charge is 0.223 e. The third-order valence-corrected chi connectivity index (χ3v) is 11.2. The lowest BCUT2D eigenvalue weighted by Crippen LogP contribution is -1.83. The van der Waals surface area contributed by atoms with Gasteiger partial charge < -0.3 is 27.3 Å². The molecule has 0 spiro atoms. The van der Waals surface area contributed by atoms with Crippen molar-refractivity contribution in [2.24, 2.45) is 14.1 Å². The molecule has 0 aliphatic rings. The van der Waals surface area contributed by atoms with Gasteiger partial charge in [0.15, 0.2) is 12.2 Å². The number of thiophene rings is 1. The van der Waals surface area contributed by atoms with E-state index >= 15 is 0 Å². The maximum absolute atomic E-state index is 4.86. The Kier molecular flexibility index (Phi) is 97.1. The minimum absolute atomic E-state index is 0.623. The molecule has 13 rings (SSSR count). The standard InChI is InChI=1S/2C5H7N.C5H6O.C5H6S.2C4H6N2O.2C4H6N2S.2C4H6N2.C4H5NO.C4H5NS.C3H5N3.9C2H6/c1-5-2-3-6-4-5;1-6-4-2-3-5-6;2*1-5-2-3-6-4-5;1-3-5-6-4(2)7-3;1-3-5-4(2)7-6-3;1-3-5-6-4(2)7-3;1-3-5-4(2)7-6-3;1-4-2-5-6-3-4;1-4-2-3-5-6-4;2*1-4-2-6-3-5-4;1-6-3-4-2-5-6;9*1-2/h2-4,6H,1H3;2-5H,1H3;2*2-4H,1H3;4*1-2H3;2*2-3H,1H3,(H,5,6);3*2-3H,1H3;9*1-2H3. The van der Waals surface area contributed by atoms with Gasteiger partial charge in [-0.25, -0.2) is 15.0 Å². The maximum atomic E-state index is 4.86. The van der Waals surface area contributed by atoms with E-state index in [1.807, 2.05) is 278 Å².